The van der Waals surface area contributed by atoms with Crippen molar-refractivity contribution in [3.63, 3.8) is 0 Å². The zero-order valence-corrected chi connectivity index (χ0v) is 19.3. The molecular weight excluding hydrogens is 451 g/mol. The predicted octanol–water partition coefficient (Wildman–Crippen LogP) is 2.36. The van der Waals surface area contributed by atoms with Crippen molar-refractivity contribution in [1.82, 2.24) is 14.5 Å². The summed E-state index contributed by atoms with van der Waals surface area (Å²) in [5.74, 6) is 1.33. The van der Waals surface area contributed by atoms with Crippen molar-refractivity contribution in [1.29, 1.82) is 0 Å². The van der Waals surface area contributed by atoms with Crippen LogP contribution in [-0.2, 0) is 10.0 Å². The minimum Gasteiger partial charge on any atom is -0.356 e. The van der Waals surface area contributed by atoms with E-state index in [-0.39, 0.29) is 24.0 Å². The fourth-order valence-corrected chi connectivity index (χ4v) is 5.06. The largest absolute Gasteiger partial charge is 0.356 e. The molecule has 2 fully saturated rings. The molecule has 1 N–H and O–H groups in total. The number of piperidine rings is 1. The summed E-state index contributed by atoms with van der Waals surface area (Å²) in [4.78, 5) is 6.84. The van der Waals surface area contributed by atoms with Crippen molar-refractivity contribution in [3.05, 3.63) is 0 Å². The summed E-state index contributed by atoms with van der Waals surface area (Å²) in [6.07, 6.45) is 7.20. The van der Waals surface area contributed by atoms with Gasteiger partial charge in [-0.25, -0.2) is 12.7 Å². The minimum atomic E-state index is -3.06. The Kier molecular flexibility index (Phi) is 8.93. The number of hydrogen-bond donors (Lipinski definition) is 1. The third-order valence-electron chi connectivity index (χ3n) is 5.41. The Bertz CT molecular complexity index is 551. The highest BCUT2D eigenvalue weighted by Gasteiger charge is 2.32. The van der Waals surface area contributed by atoms with E-state index in [0.29, 0.717) is 24.4 Å². The van der Waals surface area contributed by atoms with Gasteiger partial charge >= 0.3 is 0 Å². The summed E-state index contributed by atoms with van der Waals surface area (Å²) in [6.45, 7) is 8.81. The molecule has 2 atom stereocenters. The molecule has 0 amide bonds. The highest BCUT2D eigenvalue weighted by molar-refractivity contribution is 14.0. The Morgan fingerprint density at radius 1 is 1.36 bits per heavy atom. The first-order valence-corrected chi connectivity index (χ1v) is 11.0. The van der Waals surface area contributed by atoms with E-state index in [2.05, 4.69) is 29.1 Å². The number of halogens is 1. The number of aliphatic imine (C=N–C) groups is 1. The van der Waals surface area contributed by atoms with Gasteiger partial charge in [-0.3, -0.25) is 4.99 Å². The fourth-order valence-electron chi connectivity index (χ4n) is 4.14. The summed E-state index contributed by atoms with van der Waals surface area (Å²) in [7, 11) is -1.22. The molecule has 0 aliphatic carbocycles. The number of nitrogens with one attached hydrogen (secondary N) is 1. The van der Waals surface area contributed by atoms with Crippen LogP contribution < -0.4 is 5.32 Å². The van der Waals surface area contributed by atoms with Crippen LogP contribution in [0.15, 0.2) is 4.99 Å². The van der Waals surface area contributed by atoms with Crippen molar-refractivity contribution < 1.29 is 8.42 Å². The summed E-state index contributed by atoms with van der Waals surface area (Å²) < 4.78 is 24.8. The first kappa shape index (κ1) is 23.0. The van der Waals surface area contributed by atoms with Crippen LogP contribution in [0.4, 0.5) is 0 Å². The number of sulfonamides is 1. The molecule has 0 radical (unpaired) electrons. The Hall–Kier alpha value is -0.0900. The van der Waals surface area contributed by atoms with E-state index in [1.54, 1.807) is 4.31 Å². The van der Waals surface area contributed by atoms with Gasteiger partial charge < -0.3 is 10.2 Å². The summed E-state index contributed by atoms with van der Waals surface area (Å²) in [5.41, 5.74) is 0.380. The Labute approximate surface area is 170 Å². The highest BCUT2D eigenvalue weighted by atomic mass is 127. The molecule has 148 valence electrons. The predicted molar refractivity (Wildman–Crippen MR) is 115 cm³/mol. The van der Waals surface area contributed by atoms with Crippen molar-refractivity contribution >= 4 is 40.0 Å². The summed E-state index contributed by atoms with van der Waals surface area (Å²) in [6, 6.07) is 0. The van der Waals surface area contributed by atoms with Gasteiger partial charge in [0.15, 0.2) is 5.96 Å². The van der Waals surface area contributed by atoms with Gasteiger partial charge in [-0.2, -0.15) is 0 Å². The monoisotopic (exact) mass is 486 g/mol. The molecule has 25 heavy (non-hydrogen) atoms. The number of rotatable bonds is 5. The van der Waals surface area contributed by atoms with E-state index < -0.39 is 10.0 Å². The quantitative estimate of drug-likeness (QED) is 0.368. The molecule has 2 aliphatic rings. The first-order valence-electron chi connectivity index (χ1n) is 9.18. The van der Waals surface area contributed by atoms with Gasteiger partial charge in [-0.15, -0.1) is 24.0 Å². The Morgan fingerprint density at radius 3 is 2.64 bits per heavy atom. The lowest BCUT2D eigenvalue weighted by atomic mass is 9.78. The molecule has 0 aromatic rings. The first-order chi connectivity index (χ1) is 11.3. The SMILES string of the molecule is CCCC1(C)CCCN(C(=NC)NCC2CCN(S(C)(=O)=O)C2)C1.I. The van der Waals surface area contributed by atoms with E-state index >= 15 is 0 Å². The van der Waals surface area contributed by atoms with Crippen LogP contribution in [0.2, 0.25) is 0 Å². The van der Waals surface area contributed by atoms with E-state index in [1.165, 1.54) is 31.9 Å². The van der Waals surface area contributed by atoms with Gasteiger partial charge in [0.1, 0.15) is 0 Å². The molecule has 2 rings (SSSR count). The number of likely N-dealkylation sites (tertiary alicyclic amines) is 1. The van der Waals surface area contributed by atoms with Crippen molar-refractivity contribution in [2.45, 2.75) is 46.0 Å². The van der Waals surface area contributed by atoms with E-state index in [4.69, 9.17) is 0 Å². The number of hydrogen-bond acceptors (Lipinski definition) is 3. The second kappa shape index (κ2) is 9.73. The van der Waals surface area contributed by atoms with Crippen molar-refractivity contribution in [3.8, 4) is 0 Å². The third-order valence-corrected chi connectivity index (χ3v) is 6.68. The van der Waals surface area contributed by atoms with Crippen LogP contribution in [0.5, 0.6) is 0 Å². The average molecular weight is 486 g/mol. The summed E-state index contributed by atoms with van der Waals surface area (Å²) >= 11 is 0. The Morgan fingerprint density at radius 2 is 2.08 bits per heavy atom. The Balaban J connectivity index is 0.00000312. The van der Waals surface area contributed by atoms with Gasteiger partial charge in [-0.1, -0.05) is 20.3 Å². The lowest BCUT2D eigenvalue weighted by Crippen LogP contribution is -2.50. The highest BCUT2D eigenvalue weighted by Crippen LogP contribution is 2.33. The second-order valence-electron chi connectivity index (χ2n) is 7.79. The topological polar surface area (TPSA) is 65.0 Å². The molecule has 8 heteroatoms. The van der Waals surface area contributed by atoms with Gasteiger partial charge in [-0.05, 0) is 37.0 Å². The summed E-state index contributed by atoms with van der Waals surface area (Å²) in [5, 5.41) is 3.49. The smallest absolute Gasteiger partial charge is 0.211 e. The maximum atomic E-state index is 11.6. The molecule has 0 bridgehead atoms. The molecule has 2 saturated heterocycles. The second-order valence-corrected chi connectivity index (χ2v) is 9.77. The van der Waals surface area contributed by atoms with E-state index in [9.17, 15) is 8.42 Å². The molecule has 0 saturated carbocycles. The molecule has 2 heterocycles. The number of guanidine groups is 1. The molecule has 0 aromatic heterocycles. The van der Waals surface area contributed by atoms with Gasteiger partial charge in [0.2, 0.25) is 10.0 Å². The maximum Gasteiger partial charge on any atom is 0.211 e. The zero-order chi connectivity index (χ0) is 17.8. The molecule has 0 aromatic carbocycles. The van der Waals surface area contributed by atoms with Crippen molar-refractivity contribution in [2.24, 2.45) is 16.3 Å². The molecule has 2 unspecified atom stereocenters. The van der Waals surface area contributed by atoms with Crippen LogP contribution >= 0.6 is 24.0 Å². The fraction of sp³-hybridized carbons (Fsp3) is 0.941. The van der Waals surface area contributed by atoms with Crippen LogP contribution in [-0.4, -0.2) is 69.6 Å². The molecule has 2 aliphatic heterocycles. The minimum absolute atomic E-state index is 0. The van der Waals surface area contributed by atoms with E-state index in [1.807, 2.05) is 7.05 Å². The maximum absolute atomic E-state index is 11.6. The lowest BCUT2D eigenvalue weighted by molar-refractivity contribution is 0.142. The van der Waals surface area contributed by atoms with Crippen molar-refractivity contribution in [2.75, 3.05) is 46.0 Å². The zero-order valence-electron chi connectivity index (χ0n) is 16.1. The van der Waals surface area contributed by atoms with Crippen LogP contribution in [0.25, 0.3) is 0 Å². The van der Waals surface area contributed by atoms with E-state index in [0.717, 1.165) is 32.0 Å². The lowest BCUT2D eigenvalue weighted by Gasteiger charge is -2.42. The van der Waals surface area contributed by atoms with Gasteiger partial charge in [0, 0.05) is 39.8 Å². The standard InChI is InChI=1S/C17H34N4O2S.HI/c1-5-8-17(2)9-6-10-20(14-17)16(18-3)19-12-15-7-11-21(13-15)24(4,22)23;/h15H,5-14H2,1-4H3,(H,18,19);1H. The van der Waals surface area contributed by atoms with Gasteiger partial charge in [0.05, 0.1) is 6.26 Å². The molecule has 6 nitrogen and oxygen atoms in total. The molecular formula is C17H35IN4O2S. The molecule has 0 spiro atoms. The van der Waals surface area contributed by atoms with Crippen LogP contribution in [0.3, 0.4) is 0 Å². The normalized spacial score (nSPS) is 28.7. The van der Waals surface area contributed by atoms with Gasteiger partial charge in [0.25, 0.3) is 0 Å². The third kappa shape index (κ3) is 6.53. The van der Waals surface area contributed by atoms with Crippen LogP contribution in [0.1, 0.15) is 46.0 Å². The number of nitrogens with zero attached hydrogens (tertiary/aromatic N) is 3. The average Bonchev–Trinajstić information content (AvgIpc) is 2.97. The van der Waals surface area contributed by atoms with Crippen LogP contribution in [0, 0.1) is 11.3 Å².